The molecule has 0 fully saturated rings. The van der Waals surface area contributed by atoms with Gasteiger partial charge in [-0.1, -0.05) is 11.3 Å². The molecule has 5 heteroatoms. The number of thiophene rings is 1. The van der Waals surface area contributed by atoms with Gasteiger partial charge in [-0.15, -0.1) is 0 Å². The van der Waals surface area contributed by atoms with E-state index in [-0.39, 0.29) is 6.10 Å². The third-order valence-electron chi connectivity index (χ3n) is 2.68. The number of ether oxygens (including phenoxy) is 1. The smallest absolute Gasteiger partial charge is 0.198 e. The molecule has 0 saturated carbocycles. The van der Waals surface area contributed by atoms with Crippen LogP contribution in [0.4, 0.5) is 5.69 Å². The summed E-state index contributed by atoms with van der Waals surface area (Å²) >= 11 is 1.54. The van der Waals surface area contributed by atoms with E-state index < -0.39 is 6.10 Å². The Labute approximate surface area is 99.8 Å². The van der Waals surface area contributed by atoms with Crippen LogP contribution in [-0.4, -0.2) is 38.4 Å². The molecule has 0 radical (unpaired) electrons. The summed E-state index contributed by atoms with van der Waals surface area (Å²) in [7, 11) is 3.89. The van der Waals surface area contributed by atoms with Crippen molar-refractivity contribution in [2.24, 2.45) is 0 Å². The first-order valence-corrected chi connectivity index (χ1v) is 6.27. The molecular weight excluding hydrogens is 224 g/mol. The Bertz CT molecular complexity index is 367. The summed E-state index contributed by atoms with van der Waals surface area (Å²) < 4.78 is 5.76. The van der Waals surface area contributed by atoms with E-state index in [9.17, 15) is 5.11 Å². The van der Waals surface area contributed by atoms with Crippen molar-refractivity contribution >= 4 is 17.0 Å². The molecule has 1 aromatic rings. The minimum atomic E-state index is -0.451. The Kier molecular flexibility index (Phi) is 3.37. The van der Waals surface area contributed by atoms with Gasteiger partial charge in [-0.3, -0.25) is 0 Å². The molecule has 16 heavy (non-hydrogen) atoms. The topological polar surface area (TPSA) is 44.7 Å². The minimum absolute atomic E-state index is 0.213. The van der Waals surface area contributed by atoms with Crippen LogP contribution in [-0.2, 0) is 0 Å². The number of aliphatic hydroxyl groups is 1. The van der Waals surface area contributed by atoms with Crippen molar-refractivity contribution in [3.63, 3.8) is 0 Å². The Hall–Kier alpha value is -0.780. The molecule has 0 bridgehead atoms. The monoisotopic (exact) mass is 242 g/mol. The third-order valence-corrected chi connectivity index (χ3v) is 3.79. The first-order chi connectivity index (χ1) is 7.61. The summed E-state index contributed by atoms with van der Waals surface area (Å²) in [6, 6.07) is 2.02. The molecule has 2 atom stereocenters. The second-order valence-electron chi connectivity index (χ2n) is 4.20. The Morgan fingerprint density at radius 3 is 3.19 bits per heavy atom. The average Bonchev–Trinajstić information content (AvgIpc) is 2.62. The van der Waals surface area contributed by atoms with Gasteiger partial charge in [0.25, 0.3) is 0 Å². The third kappa shape index (κ3) is 2.16. The number of hydrogen-bond acceptors (Lipinski definition) is 5. The van der Waals surface area contributed by atoms with Gasteiger partial charge < -0.3 is 20.1 Å². The molecule has 0 aliphatic carbocycles. The Morgan fingerprint density at radius 2 is 2.50 bits per heavy atom. The lowest BCUT2D eigenvalue weighted by atomic mass is 10.2. The van der Waals surface area contributed by atoms with Crippen LogP contribution in [0.3, 0.4) is 0 Å². The van der Waals surface area contributed by atoms with Gasteiger partial charge in [-0.05, 0) is 20.0 Å². The van der Waals surface area contributed by atoms with E-state index in [4.69, 9.17) is 4.74 Å². The fourth-order valence-corrected chi connectivity index (χ4v) is 3.03. The van der Waals surface area contributed by atoms with Crippen LogP contribution >= 0.6 is 11.3 Å². The Balaban J connectivity index is 2.22. The van der Waals surface area contributed by atoms with Crippen LogP contribution in [0.15, 0.2) is 6.07 Å². The molecule has 1 aliphatic heterocycles. The molecule has 1 aliphatic rings. The lowest BCUT2D eigenvalue weighted by molar-refractivity contribution is 0.181. The molecule has 0 aromatic carbocycles. The van der Waals surface area contributed by atoms with Crippen LogP contribution in [0.25, 0.3) is 0 Å². The van der Waals surface area contributed by atoms with E-state index in [1.165, 1.54) is 11.3 Å². The van der Waals surface area contributed by atoms with Crippen LogP contribution in [0.2, 0.25) is 0 Å². The SMILES string of the molecule is CNCC(O)c1cc2c(s1)OC(C)CN2C. The summed E-state index contributed by atoms with van der Waals surface area (Å²) in [4.78, 5) is 3.13. The van der Waals surface area contributed by atoms with E-state index in [2.05, 4.69) is 24.2 Å². The number of nitrogens with one attached hydrogen (secondary N) is 1. The number of likely N-dealkylation sites (N-methyl/N-ethyl adjacent to an activating group) is 2. The fourth-order valence-electron chi connectivity index (χ4n) is 1.90. The average molecular weight is 242 g/mol. The van der Waals surface area contributed by atoms with E-state index in [0.717, 1.165) is 22.2 Å². The second-order valence-corrected chi connectivity index (χ2v) is 5.25. The molecule has 0 saturated heterocycles. The van der Waals surface area contributed by atoms with Crippen molar-refractivity contribution < 1.29 is 9.84 Å². The maximum Gasteiger partial charge on any atom is 0.198 e. The Morgan fingerprint density at radius 1 is 1.75 bits per heavy atom. The van der Waals surface area contributed by atoms with E-state index in [1.54, 1.807) is 0 Å². The quantitative estimate of drug-likeness (QED) is 0.836. The predicted molar refractivity (Wildman–Crippen MR) is 66.6 cm³/mol. The van der Waals surface area contributed by atoms with Gasteiger partial charge in [-0.25, -0.2) is 0 Å². The fraction of sp³-hybridized carbons (Fsp3) is 0.636. The molecule has 0 spiro atoms. The summed E-state index contributed by atoms with van der Waals surface area (Å²) in [5, 5.41) is 13.8. The molecule has 2 N–H and O–H groups in total. The first-order valence-electron chi connectivity index (χ1n) is 5.46. The molecule has 2 heterocycles. The van der Waals surface area contributed by atoms with Crippen LogP contribution in [0.5, 0.6) is 5.06 Å². The maximum absolute atomic E-state index is 9.90. The highest BCUT2D eigenvalue weighted by molar-refractivity contribution is 7.14. The lowest BCUT2D eigenvalue weighted by Gasteiger charge is -2.29. The second kappa shape index (κ2) is 4.61. The summed E-state index contributed by atoms with van der Waals surface area (Å²) in [5.74, 6) is 0. The van der Waals surface area contributed by atoms with Crippen molar-refractivity contribution in [2.75, 3.05) is 32.1 Å². The van der Waals surface area contributed by atoms with Gasteiger partial charge in [0.2, 0.25) is 0 Å². The van der Waals surface area contributed by atoms with Gasteiger partial charge in [0.15, 0.2) is 5.06 Å². The molecule has 4 nitrogen and oxygen atoms in total. The standard InChI is InChI=1S/C11H18N2O2S/c1-7-6-13(3)8-4-10(9(14)5-12-2)16-11(8)15-7/h4,7,9,12,14H,5-6H2,1-3H3. The minimum Gasteiger partial charge on any atom is -0.477 e. The van der Waals surface area contributed by atoms with Crippen molar-refractivity contribution in [3.05, 3.63) is 10.9 Å². The normalized spacial score (nSPS) is 21.5. The maximum atomic E-state index is 9.90. The van der Waals surface area contributed by atoms with E-state index >= 15 is 0 Å². The van der Waals surface area contributed by atoms with Gasteiger partial charge >= 0.3 is 0 Å². The zero-order chi connectivity index (χ0) is 11.7. The summed E-state index contributed by atoms with van der Waals surface area (Å²) in [6.45, 7) is 3.52. The number of anilines is 1. The molecule has 0 amide bonds. The largest absolute Gasteiger partial charge is 0.477 e. The highest BCUT2D eigenvalue weighted by Gasteiger charge is 2.24. The highest BCUT2D eigenvalue weighted by atomic mass is 32.1. The lowest BCUT2D eigenvalue weighted by Crippen LogP contribution is -2.34. The zero-order valence-corrected chi connectivity index (χ0v) is 10.7. The number of rotatable bonds is 3. The molecule has 1 aromatic heterocycles. The van der Waals surface area contributed by atoms with Crippen molar-refractivity contribution in [3.8, 4) is 5.06 Å². The van der Waals surface area contributed by atoms with Gasteiger partial charge in [0, 0.05) is 18.5 Å². The van der Waals surface area contributed by atoms with Crippen LogP contribution in [0.1, 0.15) is 17.9 Å². The molecule has 2 unspecified atom stereocenters. The zero-order valence-electron chi connectivity index (χ0n) is 9.86. The highest BCUT2D eigenvalue weighted by Crippen LogP contribution is 2.42. The van der Waals surface area contributed by atoms with E-state index in [1.807, 2.05) is 13.1 Å². The molecular formula is C11H18N2O2S. The number of nitrogens with zero attached hydrogens (tertiary/aromatic N) is 1. The van der Waals surface area contributed by atoms with Crippen molar-refractivity contribution in [1.29, 1.82) is 0 Å². The van der Waals surface area contributed by atoms with Crippen LogP contribution < -0.4 is 15.0 Å². The van der Waals surface area contributed by atoms with Gasteiger partial charge in [0.1, 0.15) is 12.2 Å². The van der Waals surface area contributed by atoms with Gasteiger partial charge in [-0.2, -0.15) is 0 Å². The number of fused-ring (bicyclic) bond motifs is 1. The number of aliphatic hydroxyl groups excluding tert-OH is 1. The van der Waals surface area contributed by atoms with Crippen LogP contribution in [0, 0.1) is 0 Å². The van der Waals surface area contributed by atoms with E-state index in [0.29, 0.717) is 6.54 Å². The first kappa shape index (κ1) is 11.7. The summed E-state index contributed by atoms with van der Waals surface area (Å²) in [6.07, 6.45) is -0.238. The van der Waals surface area contributed by atoms with Gasteiger partial charge in [0.05, 0.1) is 12.2 Å². The van der Waals surface area contributed by atoms with Crippen molar-refractivity contribution in [1.82, 2.24) is 5.32 Å². The number of hydrogen-bond donors (Lipinski definition) is 2. The van der Waals surface area contributed by atoms with Crippen molar-refractivity contribution in [2.45, 2.75) is 19.1 Å². The molecule has 90 valence electrons. The summed E-state index contributed by atoms with van der Waals surface area (Å²) in [5.41, 5.74) is 1.09. The molecule has 2 rings (SSSR count). The predicted octanol–water partition coefficient (Wildman–Crippen LogP) is 1.22.